The molecule has 0 aliphatic carbocycles. The number of halogens is 1. The third-order valence-electron chi connectivity index (χ3n) is 4.25. The summed E-state index contributed by atoms with van der Waals surface area (Å²) in [6, 6.07) is 3.99. The summed E-state index contributed by atoms with van der Waals surface area (Å²) in [5.41, 5.74) is 2.15. The van der Waals surface area contributed by atoms with Crippen LogP contribution in [0.15, 0.2) is 23.3 Å². The van der Waals surface area contributed by atoms with Gasteiger partial charge in [-0.1, -0.05) is 6.07 Å². The normalized spacial score (nSPS) is 15.5. The minimum Gasteiger partial charge on any atom is -0.466 e. The molecule has 0 atom stereocenters. The third-order valence-corrected chi connectivity index (χ3v) is 4.25. The zero-order valence-electron chi connectivity index (χ0n) is 15.3. The maximum Gasteiger partial charge on any atom is 0.309 e. The first-order valence-electron chi connectivity index (χ1n) is 8.76. The molecule has 0 amide bonds. The number of esters is 1. The molecule has 2 rings (SSSR count). The number of hydrogen-bond donors (Lipinski definition) is 1. The van der Waals surface area contributed by atoms with Gasteiger partial charge in [0.05, 0.1) is 24.8 Å². The predicted octanol–water partition coefficient (Wildman–Crippen LogP) is 2.75. The van der Waals surface area contributed by atoms with Gasteiger partial charge < -0.3 is 15.0 Å². The van der Waals surface area contributed by atoms with Crippen LogP contribution in [-0.2, 0) is 16.1 Å². The molecule has 2 heterocycles. The molecule has 1 aliphatic rings. The van der Waals surface area contributed by atoms with E-state index in [0.717, 1.165) is 49.7 Å². The minimum atomic E-state index is -0.0665. The van der Waals surface area contributed by atoms with Crippen molar-refractivity contribution in [3.8, 4) is 0 Å². The van der Waals surface area contributed by atoms with Crippen molar-refractivity contribution in [2.24, 2.45) is 10.9 Å². The number of likely N-dealkylation sites (tertiary alicyclic amines) is 1. The van der Waals surface area contributed by atoms with E-state index in [0.29, 0.717) is 13.2 Å². The highest BCUT2D eigenvalue weighted by Crippen LogP contribution is 2.19. The average molecular weight is 460 g/mol. The first-order valence-corrected chi connectivity index (χ1v) is 8.76. The fraction of sp³-hybridized carbons (Fsp3) is 0.611. The third kappa shape index (κ3) is 6.45. The SMILES string of the molecule is CCNC(=NCc1ncccc1C)N1CCC(C(=O)OCC)CC1.I. The number of pyridine rings is 1. The lowest BCUT2D eigenvalue weighted by Crippen LogP contribution is -2.46. The second-order valence-corrected chi connectivity index (χ2v) is 5.95. The average Bonchev–Trinajstić information content (AvgIpc) is 2.60. The molecule has 0 spiro atoms. The van der Waals surface area contributed by atoms with E-state index in [2.05, 4.69) is 35.1 Å². The molecule has 7 heteroatoms. The number of piperidine rings is 1. The number of aryl methyl sites for hydroxylation is 1. The van der Waals surface area contributed by atoms with E-state index < -0.39 is 0 Å². The van der Waals surface area contributed by atoms with Crippen LogP contribution in [0.25, 0.3) is 0 Å². The Bertz CT molecular complexity index is 572. The minimum absolute atomic E-state index is 0. The van der Waals surface area contributed by atoms with E-state index in [1.54, 1.807) is 6.20 Å². The molecule has 6 nitrogen and oxygen atoms in total. The van der Waals surface area contributed by atoms with Crippen molar-refractivity contribution in [2.45, 2.75) is 40.2 Å². The van der Waals surface area contributed by atoms with E-state index in [-0.39, 0.29) is 35.9 Å². The molecule has 140 valence electrons. The molecule has 0 saturated carbocycles. The maximum absolute atomic E-state index is 11.9. The zero-order valence-corrected chi connectivity index (χ0v) is 17.7. The lowest BCUT2D eigenvalue weighted by atomic mass is 9.97. The molecular formula is C18H29IN4O2. The molecule has 1 aromatic heterocycles. The van der Waals surface area contributed by atoms with Gasteiger partial charge >= 0.3 is 5.97 Å². The van der Waals surface area contributed by atoms with Gasteiger partial charge in [-0.15, -0.1) is 24.0 Å². The molecule has 1 N–H and O–H groups in total. The second kappa shape index (κ2) is 11.3. The molecule has 0 aromatic carbocycles. The van der Waals surface area contributed by atoms with Gasteiger partial charge in [-0.05, 0) is 45.2 Å². The predicted molar refractivity (Wildman–Crippen MR) is 110 cm³/mol. The van der Waals surface area contributed by atoms with Gasteiger partial charge in [-0.25, -0.2) is 4.99 Å². The summed E-state index contributed by atoms with van der Waals surface area (Å²) in [6.07, 6.45) is 3.42. The summed E-state index contributed by atoms with van der Waals surface area (Å²) in [5.74, 6) is 0.843. The maximum atomic E-state index is 11.9. The van der Waals surface area contributed by atoms with E-state index in [1.165, 1.54) is 0 Å². The highest BCUT2D eigenvalue weighted by Gasteiger charge is 2.27. The number of nitrogens with zero attached hydrogens (tertiary/aromatic N) is 3. The Balaban J connectivity index is 0.00000312. The van der Waals surface area contributed by atoms with Crippen LogP contribution in [0.5, 0.6) is 0 Å². The number of nitrogens with one attached hydrogen (secondary N) is 1. The van der Waals surface area contributed by atoms with Crippen molar-refractivity contribution in [1.29, 1.82) is 0 Å². The van der Waals surface area contributed by atoms with E-state index in [4.69, 9.17) is 9.73 Å². The van der Waals surface area contributed by atoms with Crippen LogP contribution in [0.1, 0.15) is 37.9 Å². The van der Waals surface area contributed by atoms with Crippen LogP contribution in [0.2, 0.25) is 0 Å². The van der Waals surface area contributed by atoms with E-state index >= 15 is 0 Å². The van der Waals surface area contributed by atoms with Crippen molar-refractivity contribution in [1.82, 2.24) is 15.2 Å². The number of carbonyl (C=O) groups excluding carboxylic acids is 1. The molecular weight excluding hydrogens is 431 g/mol. The molecule has 25 heavy (non-hydrogen) atoms. The first-order chi connectivity index (χ1) is 11.7. The summed E-state index contributed by atoms with van der Waals surface area (Å²) in [6.45, 7) is 9.43. The Labute approximate surface area is 167 Å². The summed E-state index contributed by atoms with van der Waals surface area (Å²) in [7, 11) is 0. The standard InChI is InChI=1S/C18H28N4O2.HI/c1-4-19-18(21-13-16-14(3)7-6-10-20-16)22-11-8-15(9-12-22)17(23)24-5-2;/h6-7,10,15H,4-5,8-9,11-13H2,1-3H3,(H,19,21);1H. The van der Waals surface area contributed by atoms with Gasteiger partial charge in [-0.3, -0.25) is 9.78 Å². The smallest absolute Gasteiger partial charge is 0.309 e. The van der Waals surface area contributed by atoms with E-state index in [1.807, 2.05) is 13.0 Å². The summed E-state index contributed by atoms with van der Waals surface area (Å²) in [5, 5.41) is 3.34. The van der Waals surface area contributed by atoms with Crippen LogP contribution in [0.4, 0.5) is 0 Å². The first kappa shape index (κ1) is 21.7. The van der Waals surface area contributed by atoms with Gasteiger partial charge in [0, 0.05) is 25.8 Å². The molecule has 1 aromatic rings. The number of aromatic nitrogens is 1. The Hall–Kier alpha value is -1.38. The fourth-order valence-corrected chi connectivity index (χ4v) is 2.85. The monoisotopic (exact) mass is 460 g/mol. The molecule has 0 bridgehead atoms. The Kier molecular flexibility index (Phi) is 9.77. The summed E-state index contributed by atoms with van der Waals surface area (Å²) in [4.78, 5) is 23.2. The molecule has 0 radical (unpaired) electrons. The topological polar surface area (TPSA) is 66.8 Å². The Morgan fingerprint density at radius 3 is 2.72 bits per heavy atom. The van der Waals surface area contributed by atoms with Crippen molar-refractivity contribution in [2.75, 3.05) is 26.2 Å². The highest BCUT2D eigenvalue weighted by molar-refractivity contribution is 14.0. The zero-order chi connectivity index (χ0) is 17.4. The largest absolute Gasteiger partial charge is 0.466 e. The highest BCUT2D eigenvalue weighted by atomic mass is 127. The van der Waals surface area contributed by atoms with Crippen molar-refractivity contribution >= 4 is 35.9 Å². The quantitative estimate of drug-likeness (QED) is 0.317. The summed E-state index contributed by atoms with van der Waals surface area (Å²) >= 11 is 0. The molecule has 1 saturated heterocycles. The summed E-state index contributed by atoms with van der Waals surface area (Å²) < 4.78 is 5.13. The lowest BCUT2D eigenvalue weighted by molar-refractivity contribution is -0.149. The van der Waals surface area contributed by atoms with Crippen LogP contribution < -0.4 is 5.32 Å². The second-order valence-electron chi connectivity index (χ2n) is 5.95. The number of carbonyl (C=O) groups is 1. The molecule has 1 aliphatic heterocycles. The number of guanidine groups is 1. The van der Waals surface area contributed by atoms with Gasteiger partial charge in [0.1, 0.15) is 0 Å². The van der Waals surface area contributed by atoms with Gasteiger partial charge in [0.15, 0.2) is 5.96 Å². The number of hydrogen-bond acceptors (Lipinski definition) is 4. The Morgan fingerprint density at radius 2 is 2.12 bits per heavy atom. The molecule has 1 fully saturated rings. The number of rotatable bonds is 5. The van der Waals surface area contributed by atoms with Crippen LogP contribution in [-0.4, -0.2) is 48.1 Å². The van der Waals surface area contributed by atoms with E-state index in [9.17, 15) is 4.79 Å². The number of aliphatic imine (C=N–C) groups is 1. The van der Waals surface area contributed by atoms with Crippen LogP contribution in [0.3, 0.4) is 0 Å². The lowest BCUT2D eigenvalue weighted by Gasteiger charge is -2.33. The van der Waals surface area contributed by atoms with Crippen LogP contribution >= 0.6 is 24.0 Å². The van der Waals surface area contributed by atoms with Gasteiger partial charge in [-0.2, -0.15) is 0 Å². The fourth-order valence-electron chi connectivity index (χ4n) is 2.85. The number of ether oxygens (including phenoxy) is 1. The van der Waals surface area contributed by atoms with Crippen LogP contribution in [0, 0.1) is 12.8 Å². The Morgan fingerprint density at radius 1 is 1.40 bits per heavy atom. The van der Waals surface area contributed by atoms with Gasteiger partial charge in [0.25, 0.3) is 0 Å². The van der Waals surface area contributed by atoms with Crippen molar-refractivity contribution < 1.29 is 9.53 Å². The van der Waals surface area contributed by atoms with Crippen molar-refractivity contribution in [3.63, 3.8) is 0 Å². The molecule has 0 unspecified atom stereocenters. The van der Waals surface area contributed by atoms with Gasteiger partial charge in [0.2, 0.25) is 0 Å². The van der Waals surface area contributed by atoms with Crippen molar-refractivity contribution in [3.05, 3.63) is 29.6 Å².